The third-order valence-electron chi connectivity index (χ3n) is 5.11. The van der Waals surface area contributed by atoms with Gasteiger partial charge in [-0.25, -0.2) is 0 Å². The Morgan fingerprint density at radius 3 is 2.81 bits per heavy atom. The van der Waals surface area contributed by atoms with Crippen LogP contribution < -0.4 is 0 Å². The lowest BCUT2D eigenvalue weighted by Crippen LogP contribution is -2.40. The van der Waals surface area contributed by atoms with Crippen molar-refractivity contribution in [2.75, 3.05) is 6.54 Å². The van der Waals surface area contributed by atoms with Gasteiger partial charge in [0.2, 0.25) is 5.91 Å². The number of carbonyl (C=O) groups excluding carboxylic acids is 1. The Kier molecular flexibility index (Phi) is 3.35. The van der Waals surface area contributed by atoms with E-state index in [1.165, 1.54) is 0 Å². The monoisotopic (exact) mass is 293 g/mol. The van der Waals surface area contributed by atoms with Crippen LogP contribution in [0.1, 0.15) is 33.6 Å². The molecule has 3 aliphatic rings. The van der Waals surface area contributed by atoms with Crippen LogP contribution in [-0.4, -0.2) is 46.2 Å². The zero-order valence-corrected chi connectivity index (χ0v) is 12.8. The number of carboxylic acid groups (broad SMARTS) is 1. The summed E-state index contributed by atoms with van der Waals surface area (Å²) in [5, 5.41) is 9.41. The molecule has 1 amide bonds. The predicted octanol–water partition coefficient (Wildman–Crippen LogP) is 1.68. The van der Waals surface area contributed by atoms with E-state index in [2.05, 4.69) is 13.8 Å². The van der Waals surface area contributed by atoms with Crippen LogP contribution in [-0.2, 0) is 14.3 Å². The standard InChI is InChI=1S/C16H23NO4/c1-9(2)4-5-10(3)17-8-16-7-6-11(21-16)12(15(19)20)13(16)14(17)18/h6-7,9-13H,4-5,8H2,1-3H3,(H,19,20). The number of hydrogen-bond acceptors (Lipinski definition) is 3. The van der Waals surface area contributed by atoms with E-state index in [9.17, 15) is 14.7 Å². The molecule has 5 heteroatoms. The minimum absolute atomic E-state index is 0.0505. The van der Waals surface area contributed by atoms with E-state index >= 15 is 0 Å². The molecule has 3 aliphatic heterocycles. The quantitative estimate of drug-likeness (QED) is 0.783. The molecule has 3 heterocycles. The zero-order chi connectivity index (χ0) is 15.4. The highest BCUT2D eigenvalue weighted by molar-refractivity contribution is 5.90. The number of fused-ring (bicyclic) bond motifs is 1. The number of carboxylic acids is 1. The molecule has 5 atom stereocenters. The third-order valence-corrected chi connectivity index (χ3v) is 5.11. The van der Waals surface area contributed by atoms with E-state index < -0.39 is 29.5 Å². The predicted molar refractivity (Wildman–Crippen MR) is 76.6 cm³/mol. The molecule has 0 aromatic rings. The second-order valence-electron chi connectivity index (χ2n) is 7.02. The van der Waals surface area contributed by atoms with E-state index in [-0.39, 0.29) is 11.9 Å². The molecule has 0 aromatic carbocycles. The molecule has 2 bridgehead atoms. The Labute approximate surface area is 124 Å². The molecule has 5 unspecified atom stereocenters. The van der Waals surface area contributed by atoms with Gasteiger partial charge in [-0.3, -0.25) is 9.59 Å². The van der Waals surface area contributed by atoms with Gasteiger partial charge in [0.25, 0.3) is 0 Å². The molecule has 2 saturated heterocycles. The highest BCUT2D eigenvalue weighted by Gasteiger charge is 2.67. The highest BCUT2D eigenvalue weighted by atomic mass is 16.5. The first-order chi connectivity index (χ1) is 9.85. The molecule has 5 nitrogen and oxygen atoms in total. The maximum atomic E-state index is 12.7. The van der Waals surface area contributed by atoms with Crippen LogP contribution in [0.5, 0.6) is 0 Å². The van der Waals surface area contributed by atoms with Gasteiger partial charge in [-0.1, -0.05) is 26.0 Å². The summed E-state index contributed by atoms with van der Waals surface area (Å²) >= 11 is 0. The van der Waals surface area contributed by atoms with Gasteiger partial charge >= 0.3 is 5.97 Å². The smallest absolute Gasteiger partial charge is 0.310 e. The summed E-state index contributed by atoms with van der Waals surface area (Å²) in [6.07, 6.45) is 5.28. The number of hydrogen-bond donors (Lipinski definition) is 1. The summed E-state index contributed by atoms with van der Waals surface area (Å²) in [5.74, 6) is -1.66. The number of carbonyl (C=O) groups is 2. The van der Waals surface area contributed by atoms with Gasteiger partial charge in [0.15, 0.2) is 0 Å². The van der Waals surface area contributed by atoms with Gasteiger partial charge in [0.1, 0.15) is 11.5 Å². The minimum Gasteiger partial charge on any atom is -0.481 e. The van der Waals surface area contributed by atoms with E-state index in [1.807, 2.05) is 24.0 Å². The van der Waals surface area contributed by atoms with Crippen molar-refractivity contribution in [1.82, 2.24) is 4.90 Å². The molecule has 1 N–H and O–H groups in total. The lowest BCUT2D eigenvalue weighted by molar-refractivity contribution is -0.148. The van der Waals surface area contributed by atoms with Crippen LogP contribution in [0.4, 0.5) is 0 Å². The van der Waals surface area contributed by atoms with Crippen molar-refractivity contribution >= 4 is 11.9 Å². The van der Waals surface area contributed by atoms with Crippen LogP contribution in [0.2, 0.25) is 0 Å². The van der Waals surface area contributed by atoms with E-state index in [0.717, 1.165) is 12.8 Å². The fourth-order valence-electron chi connectivity index (χ4n) is 3.91. The molecule has 1 spiro atoms. The third kappa shape index (κ3) is 2.09. The summed E-state index contributed by atoms with van der Waals surface area (Å²) in [6.45, 7) is 6.87. The van der Waals surface area contributed by atoms with Gasteiger partial charge < -0.3 is 14.7 Å². The first-order valence-corrected chi connectivity index (χ1v) is 7.76. The molecule has 2 fully saturated rings. The Morgan fingerprint density at radius 2 is 2.19 bits per heavy atom. The lowest BCUT2D eigenvalue weighted by Gasteiger charge is -2.27. The number of likely N-dealkylation sites (tertiary alicyclic amines) is 1. The summed E-state index contributed by atoms with van der Waals surface area (Å²) in [4.78, 5) is 26.0. The van der Waals surface area contributed by atoms with Crippen LogP contribution in [0.3, 0.4) is 0 Å². The maximum absolute atomic E-state index is 12.7. The van der Waals surface area contributed by atoms with Crippen molar-refractivity contribution in [2.24, 2.45) is 17.8 Å². The molecule has 0 aliphatic carbocycles. The Morgan fingerprint density at radius 1 is 1.48 bits per heavy atom. The largest absolute Gasteiger partial charge is 0.481 e. The summed E-state index contributed by atoms with van der Waals surface area (Å²) in [5.41, 5.74) is -0.698. The van der Waals surface area contributed by atoms with Crippen LogP contribution in [0, 0.1) is 17.8 Å². The van der Waals surface area contributed by atoms with Crippen molar-refractivity contribution < 1.29 is 19.4 Å². The summed E-state index contributed by atoms with van der Waals surface area (Å²) < 4.78 is 5.88. The van der Waals surface area contributed by atoms with Gasteiger partial charge in [-0.2, -0.15) is 0 Å². The average Bonchev–Trinajstić information content (AvgIpc) is 3.04. The van der Waals surface area contributed by atoms with Crippen molar-refractivity contribution in [3.8, 4) is 0 Å². The average molecular weight is 293 g/mol. The number of rotatable bonds is 5. The van der Waals surface area contributed by atoms with E-state index in [4.69, 9.17) is 4.74 Å². The number of aliphatic carboxylic acids is 1. The SMILES string of the molecule is CC(C)CCC(C)N1CC23C=CC(O2)C(C(=O)O)C3C1=O. The molecular formula is C16H23NO4. The van der Waals surface area contributed by atoms with Crippen molar-refractivity contribution in [2.45, 2.75) is 51.4 Å². The molecular weight excluding hydrogens is 270 g/mol. The lowest BCUT2D eigenvalue weighted by atomic mass is 9.77. The molecule has 3 rings (SSSR count). The Hall–Kier alpha value is -1.36. The van der Waals surface area contributed by atoms with Crippen molar-refractivity contribution in [1.29, 1.82) is 0 Å². The van der Waals surface area contributed by atoms with Crippen molar-refractivity contribution in [3.05, 3.63) is 12.2 Å². The topological polar surface area (TPSA) is 66.8 Å². The number of ether oxygens (including phenoxy) is 1. The minimum atomic E-state index is -0.929. The second-order valence-corrected chi connectivity index (χ2v) is 7.02. The first-order valence-electron chi connectivity index (χ1n) is 7.76. The van der Waals surface area contributed by atoms with E-state index in [1.54, 1.807) is 0 Å². The molecule has 0 saturated carbocycles. The fourth-order valence-corrected chi connectivity index (χ4v) is 3.91. The Bertz CT molecular complexity index is 501. The second kappa shape index (κ2) is 4.83. The van der Waals surface area contributed by atoms with Crippen LogP contribution >= 0.6 is 0 Å². The number of nitrogens with zero attached hydrogens (tertiary/aromatic N) is 1. The molecule has 0 aromatic heterocycles. The summed E-state index contributed by atoms with van der Waals surface area (Å²) in [7, 11) is 0. The van der Waals surface area contributed by atoms with Crippen LogP contribution in [0.15, 0.2) is 12.2 Å². The van der Waals surface area contributed by atoms with Gasteiger partial charge in [-0.05, 0) is 25.7 Å². The highest BCUT2D eigenvalue weighted by Crippen LogP contribution is 2.52. The van der Waals surface area contributed by atoms with Crippen molar-refractivity contribution in [3.63, 3.8) is 0 Å². The van der Waals surface area contributed by atoms with Crippen LogP contribution in [0.25, 0.3) is 0 Å². The fraction of sp³-hybridized carbons (Fsp3) is 0.750. The zero-order valence-electron chi connectivity index (χ0n) is 12.8. The van der Waals surface area contributed by atoms with Gasteiger partial charge in [0.05, 0.1) is 18.6 Å². The van der Waals surface area contributed by atoms with Gasteiger partial charge in [0, 0.05) is 6.04 Å². The van der Waals surface area contributed by atoms with E-state index in [0.29, 0.717) is 12.5 Å². The summed E-state index contributed by atoms with van der Waals surface area (Å²) in [6, 6.07) is 0.130. The normalized spacial score (nSPS) is 38.4. The first kappa shape index (κ1) is 14.6. The van der Waals surface area contributed by atoms with Gasteiger partial charge in [-0.15, -0.1) is 0 Å². The Balaban J connectivity index is 1.79. The molecule has 21 heavy (non-hydrogen) atoms. The number of amides is 1. The molecule has 116 valence electrons. The maximum Gasteiger partial charge on any atom is 0.310 e. The molecule has 0 radical (unpaired) electrons.